The summed E-state index contributed by atoms with van der Waals surface area (Å²) in [6, 6.07) is 9.65. The van der Waals surface area contributed by atoms with Crippen molar-refractivity contribution in [1.29, 1.82) is 0 Å². The van der Waals surface area contributed by atoms with Crippen LogP contribution in [0.1, 0.15) is 12.0 Å². The number of halogens is 1. The Bertz CT molecular complexity index is 746. The Morgan fingerprint density at radius 2 is 2.12 bits per heavy atom. The summed E-state index contributed by atoms with van der Waals surface area (Å²) in [5.41, 5.74) is 2.12. The van der Waals surface area contributed by atoms with Gasteiger partial charge < -0.3 is 19.7 Å². The van der Waals surface area contributed by atoms with Crippen molar-refractivity contribution in [3.63, 3.8) is 0 Å². The zero-order valence-corrected chi connectivity index (χ0v) is 16.3. The van der Waals surface area contributed by atoms with Crippen molar-refractivity contribution in [1.82, 2.24) is 4.98 Å². The Hall–Kier alpha value is -2.12. The van der Waals surface area contributed by atoms with Crippen LogP contribution < -0.4 is 15.0 Å². The highest BCUT2D eigenvalue weighted by Crippen LogP contribution is 2.26. The Balaban J connectivity index is 1.50. The first-order chi connectivity index (χ1) is 12.7. The lowest BCUT2D eigenvalue weighted by atomic mass is 10.1. The molecule has 1 aromatic carbocycles. The van der Waals surface area contributed by atoms with E-state index in [4.69, 9.17) is 9.47 Å². The number of aromatic nitrogens is 1. The third-order valence-electron chi connectivity index (χ3n) is 4.25. The molecule has 0 aliphatic carbocycles. The minimum Gasteiger partial charge on any atom is -0.496 e. The first-order valence-electron chi connectivity index (χ1n) is 8.57. The molecule has 1 amide bonds. The highest BCUT2D eigenvalue weighted by Gasteiger charge is 2.12. The molecule has 0 bridgehead atoms. The maximum atomic E-state index is 12.2. The lowest BCUT2D eigenvalue weighted by Gasteiger charge is -2.28. The van der Waals surface area contributed by atoms with Gasteiger partial charge >= 0.3 is 0 Å². The number of nitrogens with zero attached hydrogens (tertiary/aromatic N) is 2. The van der Waals surface area contributed by atoms with Crippen LogP contribution in [0.2, 0.25) is 0 Å². The summed E-state index contributed by atoms with van der Waals surface area (Å²) in [5, 5.41) is 2.85. The van der Waals surface area contributed by atoms with Crippen molar-refractivity contribution in [2.45, 2.75) is 12.8 Å². The maximum absolute atomic E-state index is 12.2. The zero-order valence-electron chi connectivity index (χ0n) is 14.7. The summed E-state index contributed by atoms with van der Waals surface area (Å²) in [6.45, 7) is 3.20. The third-order valence-corrected chi connectivity index (χ3v) is 4.87. The van der Waals surface area contributed by atoms with Gasteiger partial charge in [0.2, 0.25) is 5.91 Å². The number of methoxy groups -OCH3 is 1. The summed E-state index contributed by atoms with van der Waals surface area (Å²) < 4.78 is 11.5. The molecule has 0 spiro atoms. The summed E-state index contributed by atoms with van der Waals surface area (Å²) in [6.07, 6.45) is 2.84. The largest absolute Gasteiger partial charge is 0.496 e. The smallest absolute Gasteiger partial charge is 0.225 e. The van der Waals surface area contributed by atoms with Crippen LogP contribution in [0, 0.1) is 0 Å². The molecule has 1 aliphatic rings. The quantitative estimate of drug-likeness (QED) is 0.778. The van der Waals surface area contributed by atoms with E-state index in [1.54, 1.807) is 13.3 Å². The fraction of sp³-hybridized carbons (Fsp3) is 0.368. The van der Waals surface area contributed by atoms with Crippen molar-refractivity contribution >= 4 is 33.3 Å². The first-order valence-corrected chi connectivity index (χ1v) is 9.36. The number of hydrogen-bond donors (Lipinski definition) is 1. The van der Waals surface area contributed by atoms with Gasteiger partial charge in [0.25, 0.3) is 0 Å². The monoisotopic (exact) mass is 419 g/mol. The number of benzene rings is 1. The van der Waals surface area contributed by atoms with Gasteiger partial charge in [0.15, 0.2) is 0 Å². The molecule has 26 heavy (non-hydrogen) atoms. The summed E-state index contributed by atoms with van der Waals surface area (Å²) in [4.78, 5) is 18.7. The molecule has 138 valence electrons. The van der Waals surface area contributed by atoms with Gasteiger partial charge in [0.05, 0.1) is 36.7 Å². The second-order valence-corrected chi connectivity index (χ2v) is 6.87. The second-order valence-electron chi connectivity index (χ2n) is 6.02. The van der Waals surface area contributed by atoms with Gasteiger partial charge in [-0.05, 0) is 52.2 Å². The predicted molar refractivity (Wildman–Crippen MR) is 105 cm³/mol. The number of anilines is 2. The van der Waals surface area contributed by atoms with E-state index in [1.165, 1.54) is 0 Å². The van der Waals surface area contributed by atoms with E-state index in [0.717, 1.165) is 47.8 Å². The standard InChI is InChI=1S/C19H22BrN3O3/c1-25-17-5-2-14(12-16(17)20)3-7-19(24)22-18-6-4-15(13-21-18)23-8-10-26-11-9-23/h2,4-6,12-13H,3,7-11H2,1H3,(H,21,22,24). The van der Waals surface area contributed by atoms with Crippen LogP contribution in [0.4, 0.5) is 11.5 Å². The number of rotatable bonds is 6. The molecule has 1 fully saturated rings. The molecule has 0 atom stereocenters. The topological polar surface area (TPSA) is 63.7 Å². The van der Waals surface area contributed by atoms with Crippen molar-refractivity contribution < 1.29 is 14.3 Å². The average molecular weight is 420 g/mol. The number of nitrogens with one attached hydrogen (secondary N) is 1. The Morgan fingerprint density at radius 3 is 2.77 bits per heavy atom. The molecule has 6 nitrogen and oxygen atoms in total. The minimum absolute atomic E-state index is 0.0523. The molecule has 3 rings (SSSR count). The molecule has 2 aromatic rings. The van der Waals surface area contributed by atoms with Gasteiger partial charge in [-0.25, -0.2) is 4.98 Å². The fourth-order valence-electron chi connectivity index (χ4n) is 2.80. The zero-order chi connectivity index (χ0) is 18.4. The van der Waals surface area contributed by atoms with E-state index in [-0.39, 0.29) is 5.91 Å². The number of amides is 1. The highest BCUT2D eigenvalue weighted by molar-refractivity contribution is 9.10. The molecule has 1 aromatic heterocycles. The number of pyridine rings is 1. The number of aryl methyl sites for hydroxylation is 1. The molecule has 2 heterocycles. The van der Waals surface area contributed by atoms with Crippen LogP contribution in [-0.2, 0) is 16.0 Å². The van der Waals surface area contributed by atoms with Gasteiger partial charge in [0.1, 0.15) is 11.6 Å². The fourth-order valence-corrected chi connectivity index (χ4v) is 3.39. The lowest BCUT2D eigenvalue weighted by Crippen LogP contribution is -2.36. The van der Waals surface area contributed by atoms with Gasteiger partial charge in [-0.3, -0.25) is 4.79 Å². The van der Waals surface area contributed by atoms with E-state index in [2.05, 4.69) is 31.1 Å². The summed E-state index contributed by atoms with van der Waals surface area (Å²) in [7, 11) is 1.63. The van der Waals surface area contributed by atoms with Crippen molar-refractivity contribution in [2.24, 2.45) is 0 Å². The van der Waals surface area contributed by atoms with E-state index >= 15 is 0 Å². The number of hydrogen-bond acceptors (Lipinski definition) is 5. The minimum atomic E-state index is -0.0523. The van der Waals surface area contributed by atoms with Gasteiger partial charge in [-0.1, -0.05) is 6.07 Å². The van der Waals surface area contributed by atoms with Gasteiger partial charge in [-0.2, -0.15) is 0 Å². The van der Waals surface area contributed by atoms with Gasteiger partial charge in [0, 0.05) is 19.5 Å². The number of carbonyl (C=O) groups is 1. The average Bonchev–Trinajstić information content (AvgIpc) is 2.68. The normalized spacial score (nSPS) is 14.2. The first kappa shape index (κ1) is 18.7. The van der Waals surface area contributed by atoms with Crippen LogP contribution in [0.5, 0.6) is 5.75 Å². The molecule has 0 radical (unpaired) electrons. The highest BCUT2D eigenvalue weighted by atomic mass is 79.9. The van der Waals surface area contributed by atoms with E-state index < -0.39 is 0 Å². The number of ether oxygens (including phenoxy) is 2. The Morgan fingerprint density at radius 1 is 1.31 bits per heavy atom. The van der Waals surface area contributed by atoms with E-state index in [0.29, 0.717) is 18.7 Å². The van der Waals surface area contributed by atoms with Crippen LogP contribution in [0.15, 0.2) is 41.0 Å². The van der Waals surface area contributed by atoms with E-state index in [1.807, 2.05) is 30.3 Å². The molecule has 0 unspecified atom stereocenters. The number of carbonyl (C=O) groups excluding carboxylic acids is 1. The molecular weight excluding hydrogens is 398 g/mol. The van der Waals surface area contributed by atoms with Crippen LogP contribution in [0.25, 0.3) is 0 Å². The molecule has 7 heteroatoms. The molecular formula is C19H22BrN3O3. The number of morpholine rings is 1. The Kier molecular flexibility index (Phi) is 6.46. The molecule has 1 aliphatic heterocycles. The van der Waals surface area contributed by atoms with Crippen LogP contribution >= 0.6 is 15.9 Å². The summed E-state index contributed by atoms with van der Waals surface area (Å²) in [5.74, 6) is 1.30. The van der Waals surface area contributed by atoms with Crippen molar-refractivity contribution in [3.8, 4) is 5.75 Å². The van der Waals surface area contributed by atoms with Crippen molar-refractivity contribution in [3.05, 3.63) is 46.6 Å². The second kappa shape index (κ2) is 9.00. The molecule has 0 saturated carbocycles. The predicted octanol–water partition coefficient (Wildman–Crippen LogP) is 3.26. The lowest BCUT2D eigenvalue weighted by molar-refractivity contribution is -0.116. The van der Waals surface area contributed by atoms with Crippen LogP contribution in [0.3, 0.4) is 0 Å². The molecule has 1 saturated heterocycles. The van der Waals surface area contributed by atoms with E-state index in [9.17, 15) is 4.79 Å². The van der Waals surface area contributed by atoms with Crippen molar-refractivity contribution in [2.75, 3.05) is 43.6 Å². The van der Waals surface area contributed by atoms with Gasteiger partial charge in [-0.15, -0.1) is 0 Å². The Labute approximate surface area is 161 Å². The molecule has 1 N–H and O–H groups in total. The maximum Gasteiger partial charge on any atom is 0.225 e. The summed E-state index contributed by atoms with van der Waals surface area (Å²) >= 11 is 3.46. The van der Waals surface area contributed by atoms with Crippen LogP contribution in [-0.4, -0.2) is 44.3 Å². The SMILES string of the molecule is COc1ccc(CCC(=O)Nc2ccc(N3CCOCC3)cn2)cc1Br. The third kappa shape index (κ3) is 4.95.